The van der Waals surface area contributed by atoms with Crippen LogP contribution in [0.3, 0.4) is 0 Å². The molecule has 178 valence electrons. The first-order valence-corrected chi connectivity index (χ1v) is 10.7. The van der Waals surface area contributed by atoms with Crippen molar-refractivity contribution in [3.8, 4) is 0 Å². The third kappa shape index (κ3) is 10.3. The quantitative estimate of drug-likeness (QED) is 0.444. The molecular formula is C23H35N3O6. The zero-order chi connectivity index (χ0) is 24.3. The highest BCUT2D eigenvalue weighted by Crippen LogP contribution is 2.12. The topological polar surface area (TPSA) is 137 Å². The molecule has 1 rings (SSSR count). The monoisotopic (exact) mass is 449 g/mol. The molecule has 32 heavy (non-hydrogen) atoms. The van der Waals surface area contributed by atoms with E-state index >= 15 is 0 Å². The fourth-order valence-electron chi connectivity index (χ4n) is 2.76. The summed E-state index contributed by atoms with van der Waals surface area (Å²) in [7, 11) is 0. The SMILES string of the molecule is CC[C@@H](C)[C@@H](NC(=O)OC(C)(C)C)C(=O)N[C@@H](CCC(=O)OCc1ccccc1)C(N)=O. The molecule has 1 aromatic rings. The highest BCUT2D eigenvalue weighted by Gasteiger charge is 2.31. The number of rotatable bonds is 11. The van der Waals surface area contributed by atoms with Crippen molar-refractivity contribution < 1.29 is 28.7 Å². The highest BCUT2D eigenvalue weighted by molar-refractivity contribution is 5.91. The number of carbonyl (C=O) groups excluding carboxylic acids is 4. The van der Waals surface area contributed by atoms with Crippen LogP contribution in [0.15, 0.2) is 30.3 Å². The summed E-state index contributed by atoms with van der Waals surface area (Å²) in [6.07, 6.45) is -0.262. The molecule has 1 aromatic carbocycles. The van der Waals surface area contributed by atoms with Gasteiger partial charge in [0.25, 0.3) is 0 Å². The molecule has 0 heterocycles. The van der Waals surface area contributed by atoms with Crippen molar-refractivity contribution in [1.82, 2.24) is 10.6 Å². The van der Waals surface area contributed by atoms with Crippen molar-refractivity contribution in [2.24, 2.45) is 11.7 Å². The first-order chi connectivity index (χ1) is 14.9. The number of hydrogen-bond donors (Lipinski definition) is 3. The van der Waals surface area contributed by atoms with Crippen LogP contribution in [0.25, 0.3) is 0 Å². The molecule has 0 unspecified atom stereocenters. The molecule has 0 aromatic heterocycles. The Bertz CT molecular complexity index is 776. The molecule has 4 N–H and O–H groups in total. The third-order valence-electron chi connectivity index (χ3n) is 4.71. The van der Waals surface area contributed by atoms with Gasteiger partial charge in [-0.25, -0.2) is 4.79 Å². The summed E-state index contributed by atoms with van der Waals surface area (Å²) < 4.78 is 10.4. The minimum atomic E-state index is -1.08. The van der Waals surface area contributed by atoms with Crippen LogP contribution in [0.1, 0.15) is 59.4 Å². The number of esters is 1. The van der Waals surface area contributed by atoms with E-state index in [2.05, 4.69) is 10.6 Å². The van der Waals surface area contributed by atoms with Gasteiger partial charge in [0.05, 0.1) is 0 Å². The molecule has 0 fully saturated rings. The lowest BCUT2D eigenvalue weighted by Gasteiger charge is -2.27. The van der Waals surface area contributed by atoms with Crippen LogP contribution < -0.4 is 16.4 Å². The zero-order valence-corrected chi connectivity index (χ0v) is 19.5. The molecule has 0 aliphatic heterocycles. The fraction of sp³-hybridized carbons (Fsp3) is 0.565. The molecular weight excluding hydrogens is 414 g/mol. The first-order valence-electron chi connectivity index (χ1n) is 10.7. The summed E-state index contributed by atoms with van der Waals surface area (Å²) in [6, 6.07) is 7.16. The van der Waals surface area contributed by atoms with Gasteiger partial charge in [-0.15, -0.1) is 0 Å². The molecule has 0 spiro atoms. The fourth-order valence-corrected chi connectivity index (χ4v) is 2.76. The van der Waals surface area contributed by atoms with E-state index in [1.807, 2.05) is 37.3 Å². The molecule has 9 heteroatoms. The Labute approximate surface area is 189 Å². The van der Waals surface area contributed by atoms with Gasteiger partial charge < -0.3 is 25.8 Å². The van der Waals surface area contributed by atoms with Crippen LogP contribution in [0.5, 0.6) is 0 Å². The number of hydrogen-bond acceptors (Lipinski definition) is 6. The van der Waals surface area contributed by atoms with Crippen molar-refractivity contribution in [2.45, 2.75) is 78.2 Å². The standard InChI is InChI=1S/C23H35N3O6/c1-6-15(2)19(26-22(30)32-23(3,4)5)21(29)25-17(20(24)28)12-13-18(27)31-14-16-10-8-7-9-11-16/h7-11,15,17,19H,6,12-14H2,1-5H3,(H2,24,28)(H,25,29)(H,26,30)/t15-,17+,19-/m1/s1. The molecule has 0 bridgehead atoms. The number of primary amides is 1. The molecule has 0 saturated heterocycles. The summed E-state index contributed by atoms with van der Waals surface area (Å²) in [5.41, 5.74) is 5.52. The van der Waals surface area contributed by atoms with Gasteiger partial charge >= 0.3 is 12.1 Å². The Hall–Kier alpha value is -3.10. The van der Waals surface area contributed by atoms with E-state index in [0.29, 0.717) is 6.42 Å². The maximum atomic E-state index is 12.8. The van der Waals surface area contributed by atoms with Gasteiger partial charge in [-0.05, 0) is 38.7 Å². The van der Waals surface area contributed by atoms with E-state index in [4.69, 9.17) is 15.2 Å². The summed E-state index contributed by atoms with van der Waals surface area (Å²) >= 11 is 0. The molecule has 0 aliphatic rings. The van der Waals surface area contributed by atoms with E-state index in [-0.39, 0.29) is 25.4 Å². The number of nitrogens with one attached hydrogen (secondary N) is 2. The largest absolute Gasteiger partial charge is 0.461 e. The summed E-state index contributed by atoms with van der Waals surface area (Å²) in [4.78, 5) is 48.8. The van der Waals surface area contributed by atoms with Crippen LogP contribution >= 0.6 is 0 Å². The highest BCUT2D eigenvalue weighted by atomic mass is 16.6. The molecule has 3 amide bonds. The number of nitrogens with two attached hydrogens (primary N) is 1. The van der Waals surface area contributed by atoms with Gasteiger partial charge in [0, 0.05) is 6.42 Å². The molecule has 0 radical (unpaired) electrons. The maximum absolute atomic E-state index is 12.8. The van der Waals surface area contributed by atoms with Crippen LogP contribution in [0, 0.1) is 5.92 Å². The number of carbonyl (C=O) groups is 4. The van der Waals surface area contributed by atoms with Crippen LogP contribution in [-0.4, -0.2) is 41.6 Å². The first kappa shape index (κ1) is 26.9. The average Bonchev–Trinajstić information content (AvgIpc) is 2.71. The summed E-state index contributed by atoms with van der Waals surface area (Å²) in [5, 5.41) is 5.09. The van der Waals surface area contributed by atoms with E-state index in [1.54, 1.807) is 27.7 Å². The molecule has 3 atom stereocenters. The lowest BCUT2D eigenvalue weighted by atomic mass is 9.98. The smallest absolute Gasteiger partial charge is 0.408 e. The van der Waals surface area contributed by atoms with Crippen molar-refractivity contribution in [3.63, 3.8) is 0 Å². The Morgan fingerprint density at radius 1 is 1.06 bits per heavy atom. The number of benzene rings is 1. The lowest BCUT2D eigenvalue weighted by molar-refractivity contribution is -0.145. The van der Waals surface area contributed by atoms with Crippen LogP contribution in [-0.2, 0) is 30.5 Å². The van der Waals surface area contributed by atoms with Crippen molar-refractivity contribution in [2.75, 3.05) is 0 Å². The van der Waals surface area contributed by atoms with Gasteiger partial charge in [-0.3, -0.25) is 14.4 Å². The Kier molecular flexibility index (Phi) is 10.7. The Morgan fingerprint density at radius 2 is 1.69 bits per heavy atom. The molecule has 0 saturated carbocycles. The summed E-state index contributed by atoms with van der Waals surface area (Å²) in [5.74, 6) is -2.10. The van der Waals surface area contributed by atoms with Gasteiger partial charge in [-0.2, -0.15) is 0 Å². The second-order valence-electron chi connectivity index (χ2n) is 8.66. The van der Waals surface area contributed by atoms with Crippen molar-refractivity contribution >= 4 is 23.9 Å². The zero-order valence-electron chi connectivity index (χ0n) is 19.5. The van der Waals surface area contributed by atoms with E-state index in [1.165, 1.54) is 0 Å². The lowest BCUT2D eigenvalue weighted by Crippen LogP contribution is -2.55. The van der Waals surface area contributed by atoms with Crippen LogP contribution in [0.2, 0.25) is 0 Å². The number of ether oxygens (including phenoxy) is 2. The predicted molar refractivity (Wildman–Crippen MR) is 119 cm³/mol. The minimum Gasteiger partial charge on any atom is -0.461 e. The summed E-state index contributed by atoms with van der Waals surface area (Å²) in [6.45, 7) is 8.92. The van der Waals surface area contributed by atoms with E-state index in [0.717, 1.165) is 5.56 Å². The maximum Gasteiger partial charge on any atom is 0.408 e. The van der Waals surface area contributed by atoms with Crippen molar-refractivity contribution in [1.29, 1.82) is 0 Å². The van der Waals surface area contributed by atoms with Crippen molar-refractivity contribution in [3.05, 3.63) is 35.9 Å². The second-order valence-corrected chi connectivity index (χ2v) is 8.66. The minimum absolute atomic E-state index is 0.0195. The van der Waals surface area contributed by atoms with Gasteiger partial charge in [-0.1, -0.05) is 50.6 Å². The second kappa shape index (κ2) is 12.7. The molecule has 0 aliphatic carbocycles. The number of alkyl carbamates (subject to hydrolysis) is 1. The van der Waals surface area contributed by atoms with E-state index in [9.17, 15) is 19.2 Å². The van der Waals surface area contributed by atoms with Gasteiger partial charge in [0.1, 0.15) is 24.3 Å². The predicted octanol–water partition coefficient (Wildman–Crippen LogP) is 2.42. The van der Waals surface area contributed by atoms with Gasteiger partial charge in [0.15, 0.2) is 0 Å². The van der Waals surface area contributed by atoms with E-state index < -0.39 is 41.6 Å². The third-order valence-corrected chi connectivity index (χ3v) is 4.71. The Morgan fingerprint density at radius 3 is 2.22 bits per heavy atom. The number of amides is 3. The average molecular weight is 450 g/mol. The molecule has 9 nitrogen and oxygen atoms in total. The van der Waals surface area contributed by atoms with Crippen LogP contribution in [0.4, 0.5) is 4.79 Å². The normalized spacial score (nSPS) is 13.9. The van der Waals surface area contributed by atoms with Gasteiger partial charge in [0.2, 0.25) is 11.8 Å². The Balaban J connectivity index is 2.67.